The lowest BCUT2D eigenvalue weighted by Gasteiger charge is -2.34. The van der Waals surface area contributed by atoms with E-state index in [0.717, 1.165) is 31.9 Å². The number of aromatic nitrogens is 1. The van der Waals surface area contributed by atoms with Gasteiger partial charge >= 0.3 is 0 Å². The third-order valence-electron chi connectivity index (χ3n) is 6.04. The summed E-state index contributed by atoms with van der Waals surface area (Å²) in [6.07, 6.45) is 0. The number of fused-ring (bicyclic) bond motifs is 1. The molecule has 0 radical (unpaired) electrons. The summed E-state index contributed by atoms with van der Waals surface area (Å²) in [6.45, 7) is 8.41. The van der Waals surface area contributed by atoms with E-state index < -0.39 is 11.5 Å². The van der Waals surface area contributed by atoms with Crippen LogP contribution in [0, 0.1) is 5.92 Å². The first-order valence-electron chi connectivity index (χ1n) is 11.5. The van der Waals surface area contributed by atoms with Crippen molar-refractivity contribution in [2.45, 2.75) is 20.4 Å². The second kappa shape index (κ2) is 10.1. The van der Waals surface area contributed by atoms with Crippen molar-refractivity contribution < 1.29 is 14.3 Å². The quantitative estimate of drug-likeness (QED) is 0.543. The molecule has 1 N–H and O–H groups in total. The van der Waals surface area contributed by atoms with Crippen LogP contribution in [0.5, 0.6) is 5.75 Å². The maximum atomic E-state index is 13.5. The number of pyridine rings is 1. The van der Waals surface area contributed by atoms with Gasteiger partial charge in [0, 0.05) is 49.5 Å². The number of hydrogen-bond donors (Lipinski definition) is 1. The summed E-state index contributed by atoms with van der Waals surface area (Å²) in [5, 5.41) is 3.38. The lowest BCUT2D eigenvalue weighted by Crippen LogP contribution is -2.44. The van der Waals surface area contributed by atoms with E-state index in [1.807, 2.05) is 38.1 Å². The highest BCUT2D eigenvalue weighted by Crippen LogP contribution is 2.29. The van der Waals surface area contributed by atoms with Crippen LogP contribution >= 0.6 is 0 Å². The van der Waals surface area contributed by atoms with Crippen molar-refractivity contribution in [1.29, 1.82) is 0 Å². The molecule has 4 rings (SSSR count). The Balaban J connectivity index is 1.73. The minimum absolute atomic E-state index is 0.0247. The Labute approximate surface area is 198 Å². The molecule has 0 bridgehead atoms. The first-order valence-corrected chi connectivity index (χ1v) is 11.5. The lowest BCUT2D eigenvalue weighted by molar-refractivity contribution is -0.120. The molecule has 2 heterocycles. The zero-order valence-electron chi connectivity index (χ0n) is 19.8. The van der Waals surface area contributed by atoms with Crippen molar-refractivity contribution in [1.82, 2.24) is 9.47 Å². The van der Waals surface area contributed by atoms with Gasteiger partial charge in [-0.05, 0) is 43.3 Å². The Morgan fingerprint density at radius 1 is 1.09 bits per heavy atom. The van der Waals surface area contributed by atoms with Gasteiger partial charge in [0.1, 0.15) is 5.56 Å². The number of likely N-dealkylation sites (N-methyl/N-ethyl adjacent to an activating group) is 1. The summed E-state index contributed by atoms with van der Waals surface area (Å²) in [7, 11) is 2.10. The fourth-order valence-electron chi connectivity index (χ4n) is 4.33. The maximum absolute atomic E-state index is 13.5. The van der Waals surface area contributed by atoms with Crippen molar-refractivity contribution in [2.75, 3.05) is 43.4 Å². The summed E-state index contributed by atoms with van der Waals surface area (Å²) >= 11 is 0. The van der Waals surface area contributed by atoms with Crippen LogP contribution in [0.3, 0.4) is 0 Å². The predicted molar refractivity (Wildman–Crippen MR) is 134 cm³/mol. The van der Waals surface area contributed by atoms with Crippen molar-refractivity contribution in [3.05, 3.63) is 64.4 Å². The molecule has 0 saturated carbocycles. The minimum atomic E-state index is -0.611. The monoisotopic (exact) mass is 462 g/mol. The number of piperazine rings is 1. The van der Waals surface area contributed by atoms with Gasteiger partial charge in [0.05, 0.1) is 5.52 Å². The van der Waals surface area contributed by atoms with Crippen LogP contribution in [0.2, 0.25) is 0 Å². The van der Waals surface area contributed by atoms with Gasteiger partial charge in [0.25, 0.3) is 17.9 Å². The second-order valence-corrected chi connectivity index (χ2v) is 9.04. The van der Waals surface area contributed by atoms with E-state index in [2.05, 4.69) is 22.2 Å². The molecule has 2 aromatic carbocycles. The minimum Gasteiger partial charge on any atom is -0.427 e. The number of para-hydroxylation sites is 1. The van der Waals surface area contributed by atoms with E-state index in [-0.39, 0.29) is 23.7 Å². The van der Waals surface area contributed by atoms with E-state index in [1.165, 1.54) is 0 Å². The number of hydrogen-bond acceptors (Lipinski definition) is 6. The number of ether oxygens (including phenoxy) is 1. The zero-order valence-corrected chi connectivity index (χ0v) is 19.8. The molecule has 8 heteroatoms. The summed E-state index contributed by atoms with van der Waals surface area (Å²) in [5.74, 6) is -0.459. The third-order valence-corrected chi connectivity index (χ3v) is 6.04. The summed E-state index contributed by atoms with van der Waals surface area (Å²) in [5.41, 5.74) is 1.52. The van der Waals surface area contributed by atoms with Gasteiger partial charge in [0.15, 0.2) is 5.75 Å². The second-order valence-electron chi connectivity index (χ2n) is 9.04. The molecule has 1 amide bonds. The van der Waals surface area contributed by atoms with E-state index in [9.17, 15) is 14.4 Å². The summed E-state index contributed by atoms with van der Waals surface area (Å²) in [6, 6.07) is 14.7. The molecule has 1 saturated heterocycles. The number of amides is 1. The lowest BCUT2D eigenvalue weighted by atomic mass is 10.1. The van der Waals surface area contributed by atoms with Crippen molar-refractivity contribution in [2.24, 2.45) is 5.92 Å². The molecule has 0 atom stereocenters. The fourth-order valence-corrected chi connectivity index (χ4v) is 4.33. The van der Waals surface area contributed by atoms with Gasteiger partial charge in [-0.1, -0.05) is 32.0 Å². The standard InChI is InChI=1S/C26H30N4O4/c1-18(2)16-30-22-10-5-4-9-21(22)24(34-17-31)23(26(30)33)25(32)27-19-7-6-8-20(15-19)29-13-11-28(3)12-14-29/h4-10,15,17-18H,11-14,16H2,1-3H3,(H,27,32). The Hall–Kier alpha value is -3.65. The largest absolute Gasteiger partial charge is 0.427 e. The number of carbonyl (C=O) groups is 2. The van der Waals surface area contributed by atoms with Gasteiger partial charge < -0.3 is 24.4 Å². The van der Waals surface area contributed by atoms with Crippen LogP contribution in [0.4, 0.5) is 11.4 Å². The Kier molecular flexibility index (Phi) is 6.98. The molecule has 1 aliphatic heterocycles. The highest BCUT2D eigenvalue weighted by Gasteiger charge is 2.25. The first-order chi connectivity index (χ1) is 16.4. The molecule has 3 aromatic rings. The van der Waals surface area contributed by atoms with Crippen molar-refractivity contribution >= 4 is 34.7 Å². The fraction of sp³-hybridized carbons (Fsp3) is 0.346. The topological polar surface area (TPSA) is 83.9 Å². The van der Waals surface area contributed by atoms with Gasteiger partial charge in [-0.2, -0.15) is 0 Å². The average molecular weight is 463 g/mol. The molecule has 0 spiro atoms. The summed E-state index contributed by atoms with van der Waals surface area (Å²) < 4.78 is 6.79. The van der Waals surface area contributed by atoms with E-state index in [4.69, 9.17) is 4.74 Å². The van der Waals surface area contributed by atoms with Gasteiger partial charge in [-0.25, -0.2) is 0 Å². The number of rotatable bonds is 7. The van der Waals surface area contributed by atoms with Gasteiger partial charge in [0.2, 0.25) is 0 Å². The Morgan fingerprint density at radius 3 is 2.53 bits per heavy atom. The van der Waals surface area contributed by atoms with Gasteiger partial charge in [-0.3, -0.25) is 14.4 Å². The zero-order chi connectivity index (χ0) is 24.2. The van der Waals surface area contributed by atoms with Gasteiger partial charge in [-0.15, -0.1) is 0 Å². The van der Waals surface area contributed by atoms with E-state index in [0.29, 0.717) is 23.1 Å². The molecular weight excluding hydrogens is 432 g/mol. The Bertz CT molecular complexity index is 1260. The number of nitrogens with one attached hydrogen (secondary N) is 1. The number of benzene rings is 2. The molecule has 1 fully saturated rings. The first kappa shape index (κ1) is 23.5. The molecule has 1 aliphatic rings. The van der Waals surface area contributed by atoms with Crippen molar-refractivity contribution in [3.8, 4) is 5.75 Å². The highest BCUT2D eigenvalue weighted by molar-refractivity contribution is 6.09. The molecule has 1 aromatic heterocycles. The average Bonchev–Trinajstić information content (AvgIpc) is 2.82. The number of nitrogens with zero attached hydrogens (tertiary/aromatic N) is 3. The highest BCUT2D eigenvalue weighted by atomic mass is 16.5. The van der Waals surface area contributed by atoms with Crippen LogP contribution < -0.4 is 20.5 Å². The predicted octanol–water partition coefficient (Wildman–Crippen LogP) is 3.20. The molecule has 178 valence electrons. The molecule has 8 nitrogen and oxygen atoms in total. The number of anilines is 2. The summed E-state index contributed by atoms with van der Waals surface area (Å²) in [4.78, 5) is 42.7. The van der Waals surface area contributed by atoms with Crippen LogP contribution in [-0.4, -0.2) is 55.1 Å². The van der Waals surface area contributed by atoms with Crippen LogP contribution in [-0.2, 0) is 11.3 Å². The maximum Gasteiger partial charge on any atom is 0.298 e. The molecular formula is C26H30N4O4. The van der Waals surface area contributed by atoms with Crippen LogP contribution in [0.1, 0.15) is 24.2 Å². The molecule has 0 unspecified atom stereocenters. The van der Waals surface area contributed by atoms with Crippen LogP contribution in [0.15, 0.2) is 53.3 Å². The SMILES string of the molecule is CC(C)Cn1c(=O)c(C(=O)Nc2cccc(N3CCN(C)CC3)c2)c(OC=O)c2ccccc21. The normalized spacial score (nSPS) is 14.4. The molecule has 0 aliphatic carbocycles. The third kappa shape index (κ3) is 4.82. The van der Waals surface area contributed by atoms with Crippen molar-refractivity contribution in [3.63, 3.8) is 0 Å². The Morgan fingerprint density at radius 2 is 1.82 bits per heavy atom. The van der Waals surface area contributed by atoms with Crippen LogP contribution in [0.25, 0.3) is 10.9 Å². The van der Waals surface area contributed by atoms with E-state index >= 15 is 0 Å². The molecule has 34 heavy (non-hydrogen) atoms. The number of carbonyl (C=O) groups excluding carboxylic acids is 2. The smallest absolute Gasteiger partial charge is 0.298 e. The van der Waals surface area contributed by atoms with E-state index in [1.54, 1.807) is 28.8 Å².